The molecule has 0 fully saturated rings. The Balaban J connectivity index is 1.56. The van der Waals surface area contributed by atoms with Gasteiger partial charge in [0.05, 0.1) is 31.4 Å². The van der Waals surface area contributed by atoms with Crippen molar-refractivity contribution in [1.29, 1.82) is 0 Å². The van der Waals surface area contributed by atoms with Crippen molar-refractivity contribution >= 4 is 15.7 Å². The SMILES string of the molecule is C#CCN(C1Cc2cc(-c3ccccc3)ccc2N(Cc2cncn2C)C1)S(=O)(=O)c1cn(C)cn1. The number of hydrogen-bond donors (Lipinski definition) is 0. The van der Waals surface area contributed by atoms with Gasteiger partial charge >= 0.3 is 0 Å². The first-order valence-corrected chi connectivity index (χ1v) is 13.1. The van der Waals surface area contributed by atoms with E-state index in [9.17, 15) is 8.42 Å². The van der Waals surface area contributed by atoms with Crippen LogP contribution in [0.3, 0.4) is 0 Å². The molecule has 0 radical (unpaired) electrons. The Hall–Kier alpha value is -3.87. The number of hydrogen-bond acceptors (Lipinski definition) is 5. The predicted molar refractivity (Wildman–Crippen MR) is 140 cm³/mol. The standard InChI is InChI=1S/C27H28N6O2S/c1-4-12-33(36(34,35)27-18-30(2)20-29-27)24-14-23-13-22(21-8-6-5-7-9-21)10-11-26(23)32(16-24)17-25-15-28-19-31(25)3/h1,5-11,13,15,18-20,24H,12,14,16-17H2,2-3H3. The van der Waals surface area contributed by atoms with Gasteiger partial charge in [0.1, 0.15) is 0 Å². The molecule has 184 valence electrons. The summed E-state index contributed by atoms with van der Waals surface area (Å²) in [7, 11) is -0.183. The fourth-order valence-electron chi connectivity index (χ4n) is 4.76. The molecule has 8 nitrogen and oxygen atoms in total. The number of aromatic nitrogens is 4. The highest BCUT2D eigenvalue weighted by atomic mass is 32.2. The van der Waals surface area contributed by atoms with Crippen molar-refractivity contribution in [2.45, 2.75) is 24.0 Å². The lowest BCUT2D eigenvalue weighted by molar-refractivity contribution is 0.333. The van der Waals surface area contributed by atoms with Gasteiger partial charge in [0, 0.05) is 44.8 Å². The minimum Gasteiger partial charge on any atom is -0.364 e. The van der Waals surface area contributed by atoms with Gasteiger partial charge in [-0.25, -0.2) is 18.4 Å². The van der Waals surface area contributed by atoms with E-state index in [4.69, 9.17) is 6.42 Å². The van der Waals surface area contributed by atoms with Gasteiger partial charge in [0.2, 0.25) is 0 Å². The lowest BCUT2D eigenvalue weighted by Crippen LogP contribution is -2.50. The highest BCUT2D eigenvalue weighted by Gasteiger charge is 2.37. The maximum atomic E-state index is 13.6. The largest absolute Gasteiger partial charge is 0.364 e. The van der Waals surface area contributed by atoms with Crippen LogP contribution < -0.4 is 4.90 Å². The summed E-state index contributed by atoms with van der Waals surface area (Å²) in [6.45, 7) is 1.06. The lowest BCUT2D eigenvalue weighted by Gasteiger charge is -2.40. The zero-order chi connectivity index (χ0) is 25.3. The Kier molecular flexibility index (Phi) is 6.39. The molecule has 1 aliphatic rings. The van der Waals surface area contributed by atoms with Crippen LogP contribution in [-0.4, -0.2) is 51.0 Å². The summed E-state index contributed by atoms with van der Waals surface area (Å²) in [6, 6.07) is 16.2. The van der Waals surface area contributed by atoms with Gasteiger partial charge in [-0.2, -0.15) is 4.31 Å². The second-order valence-electron chi connectivity index (χ2n) is 9.08. The van der Waals surface area contributed by atoms with Crippen molar-refractivity contribution in [1.82, 2.24) is 23.4 Å². The first-order valence-electron chi connectivity index (χ1n) is 11.7. The number of rotatable bonds is 7. The minimum absolute atomic E-state index is 0.00210. The molecule has 36 heavy (non-hydrogen) atoms. The van der Waals surface area contributed by atoms with Crippen LogP contribution in [-0.2, 0) is 37.1 Å². The van der Waals surface area contributed by atoms with Crippen molar-refractivity contribution in [3.63, 3.8) is 0 Å². The molecular formula is C27H28N6O2S. The molecule has 0 aliphatic carbocycles. The fraction of sp³-hybridized carbons (Fsp3) is 0.259. The molecule has 3 heterocycles. The zero-order valence-corrected chi connectivity index (χ0v) is 21.1. The Labute approximate surface area is 211 Å². The van der Waals surface area contributed by atoms with E-state index in [1.54, 1.807) is 17.9 Å². The summed E-state index contributed by atoms with van der Waals surface area (Å²) in [6.07, 6.45) is 12.8. The van der Waals surface area contributed by atoms with E-state index in [0.29, 0.717) is 19.5 Å². The highest BCUT2D eigenvalue weighted by molar-refractivity contribution is 7.89. The molecule has 0 bridgehead atoms. The number of sulfonamides is 1. The van der Waals surface area contributed by atoms with Gasteiger partial charge in [0.25, 0.3) is 10.0 Å². The van der Waals surface area contributed by atoms with Crippen molar-refractivity contribution in [2.24, 2.45) is 14.1 Å². The first kappa shape index (κ1) is 23.9. The zero-order valence-electron chi connectivity index (χ0n) is 20.3. The highest BCUT2D eigenvalue weighted by Crippen LogP contribution is 2.35. The molecule has 5 rings (SSSR count). The number of fused-ring (bicyclic) bond motifs is 1. The summed E-state index contributed by atoms with van der Waals surface area (Å²) in [5.41, 5.74) is 5.40. The van der Waals surface area contributed by atoms with Crippen molar-refractivity contribution in [3.05, 3.63) is 84.8 Å². The van der Waals surface area contributed by atoms with Crippen molar-refractivity contribution in [3.8, 4) is 23.5 Å². The molecule has 0 spiro atoms. The number of imidazole rings is 2. The van der Waals surface area contributed by atoms with Crippen LogP contribution in [0.4, 0.5) is 5.69 Å². The third-order valence-electron chi connectivity index (χ3n) is 6.59. The molecule has 1 atom stereocenters. The average Bonchev–Trinajstić information content (AvgIpc) is 3.50. The molecule has 1 unspecified atom stereocenters. The van der Waals surface area contributed by atoms with Gasteiger partial charge in [-0.15, -0.1) is 6.42 Å². The third kappa shape index (κ3) is 4.53. The number of anilines is 1. The van der Waals surface area contributed by atoms with E-state index < -0.39 is 10.0 Å². The number of nitrogens with zero attached hydrogens (tertiary/aromatic N) is 6. The number of terminal acetylenes is 1. The Bertz CT molecular complexity index is 1520. The van der Waals surface area contributed by atoms with Crippen LogP contribution >= 0.6 is 0 Å². The quantitative estimate of drug-likeness (QED) is 0.365. The van der Waals surface area contributed by atoms with Gasteiger partial charge in [-0.1, -0.05) is 42.3 Å². The van der Waals surface area contributed by atoms with E-state index in [1.165, 1.54) is 16.8 Å². The van der Waals surface area contributed by atoms with Gasteiger partial charge in [-0.05, 0) is 35.2 Å². The van der Waals surface area contributed by atoms with Crippen LogP contribution in [0.5, 0.6) is 0 Å². The number of benzene rings is 2. The van der Waals surface area contributed by atoms with E-state index in [-0.39, 0.29) is 17.6 Å². The van der Waals surface area contributed by atoms with Crippen LogP contribution in [0.25, 0.3) is 11.1 Å². The normalized spacial score (nSPS) is 15.6. The van der Waals surface area contributed by atoms with E-state index in [0.717, 1.165) is 28.1 Å². The van der Waals surface area contributed by atoms with E-state index in [2.05, 4.69) is 51.1 Å². The number of aryl methyl sites for hydroxylation is 2. The summed E-state index contributed by atoms with van der Waals surface area (Å²) < 4.78 is 32.3. The van der Waals surface area contributed by atoms with E-state index in [1.807, 2.05) is 36.0 Å². The molecule has 2 aromatic heterocycles. The summed E-state index contributed by atoms with van der Waals surface area (Å²) in [5.74, 6) is 2.56. The van der Waals surface area contributed by atoms with Crippen molar-refractivity contribution in [2.75, 3.05) is 18.0 Å². The second kappa shape index (κ2) is 9.64. The third-order valence-corrected chi connectivity index (χ3v) is 8.38. The monoisotopic (exact) mass is 500 g/mol. The molecular weight excluding hydrogens is 472 g/mol. The topological polar surface area (TPSA) is 76.3 Å². The maximum absolute atomic E-state index is 13.6. The second-order valence-corrected chi connectivity index (χ2v) is 10.9. The maximum Gasteiger partial charge on any atom is 0.263 e. The first-order chi connectivity index (χ1) is 17.4. The summed E-state index contributed by atoms with van der Waals surface area (Å²) in [5, 5.41) is 0.00210. The van der Waals surface area contributed by atoms with Gasteiger partial charge in [-0.3, -0.25) is 0 Å². The molecule has 1 aliphatic heterocycles. The molecule has 9 heteroatoms. The lowest BCUT2D eigenvalue weighted by atomic mass is 9.93. The Morgan fingerprint density at radius 1 is 1.11 bits per heavy atom. The van der Waals surface area contributed by atoms with Gasteiger partial charge < -0.3 is 14.0 Å². The molecule has 0 saturated carbocycles. The minimum atomic E-state index is -3.89. The van der Waals surface area contributed by atoms with Crippen molar-refractivity contribution < 1.29 is 8.42 Å². The average molecular weight is 501 g/mol. The van der Waals surface area contributed by atoms with Crippen LogP contribution in [0.1, 0.15) is 11.3 Å². The van der Waals surface area contributed by atoms with Gasteiger partial charge in [0.15, 0.2) is 5.03 Å². The Morgan fingerprint density at radius 2 is 1.92 bits per heavy atom. The van der Waals surface area contributed by atoms with Crippen LogP contribution in [0.15, 0.2) is 78.6 Å². The smallest absolute Gasteiger partial charge is 0.263 e. The molecule has 0 amide bonds. The Morgan fingerprint density at radius 3 is 2.58 bits per heavy atom. The molecule has 4 aromatic rings. The molecule has 0 saturated heterocycles. The predicted octanol–water partition coefficient (Wildman–Crippen LogP) is 3.08. The van der Waals surface area contributed by atoms with Crippen LogP contribution in [0.2, 0.25) is 0 Å². The summed E-state index contributed by atoms with van der Waals surface area (Å²) in [4.78, 5) is 10.6. The van der Waals surface area contributed by atoms with E-state index >= 15 is 0 Å². The molecule has 0 N–H and O–H groups in total. The van der Waals surface area contributed by atoms with Crippen LogP contribution in [0, 0.1) is 12.3 Å². The summed E-state index contributed by atoms with van der Waals surface area (Å²) >= 11 is 0. The molecule has 2 aromatic carbocycles. The fourth-order valence-corrected chi connectivity index (χ4v) is 6.25.